The van der Waals surface area contributed by atoms with Gasteiger partial charge in [-0.05, 0) is 57.2 Å². The molecular formula is C21H34ClNO3S. The minimum Gasteiger partial charge on any atom is -0.359 e. The van der Waals surface area contributed by atoms with Crippen LogP contribution in [0.3, 0.4) is 0 Å². The van der Waals surface area contributed by atoms with Crippen LogP contribution in [-0.4, -0.2) is 35.0 Å². The van der Waals surface area contributed by atoms with E-state index in [-0.39, 0.29) is 35.0 Å². The number of hydrogen-bond donors (Lipinski definition) is 1. The van der Waals surface area contributed by atoms with Crippen molar-refractivity contribution in [2.75, 3.05) is 13.9 Å². The zero-order valence-electron chi connectivity index (χ0n) is 17.4. The van der Waals surface area contributed by atoms with Crippen LogP contribution in [0.2, 0.25) is 5.02 Å². The van der Waals surface area contributed by atoms with E-state index < -0.39 is 11.0 Å². The molecule has 0 amide bonds. The number of methoxy groups -OCH3 is 1. The van der Waals surface area contributed by atoms with Crippen LogP contribution in [0.4, 0.5) is 0 Å². The van der Waals surface area contributed by atoms with E-state index >= 15 is 0 Å². The molecule has 0 bridgehead atoms. The van der Waals surface area contributed by atoms with Crippen LogP contribution in [0.15, 0.2) is 24.3 Å². The largest absolute Gasteiger partial charge is 0.359 e. The van der Waals surface area contributed by atoms with Crippen molar-refractivity contribution in [1.29, 1.82) is 0 Å². The molecule has 0 aromatic heterocycles. The van der Waals surface area contributed by atoms with Crippen LogP contribution >= 0.6 is 11.6 Å². The lowest BCUT2D eigenvalue weighted by Gasteiger charge is -2.52. The molecule has 0 radical (unpaired) electrons. The third-order valence-electron chi connectivity index (χ3n) is 5.41. The van der Waals surface area contributed by atoms with Crippen molar-refractivity contribution in [2.45, 2.75) is 76.2 Å². The first kappa shape index (κ1) is 22.8. The quantitative estimate of drug-likeness (QED) is 0.587. The first-order chi connectivity index (χ1) is 12.6. The van der Waals surface area contributed by atoms with E-state index in [0.717, 1.165) is 24.3 Å². The molecule has 1 aliphatic rings. The van der Waals surface area contributed by atoms with Gasteiger partial charge in [0.1, 0.15) is 6.79 Å². The van der Waals surface area contributed by atoms with Crippen LogP contribution in [0.25, 0.3) is 0 Å². The second-order valence-electron chi connectivity index (χ2n) is 8.78. The van der Waals surface area contributed by atoms with Crippen molar-refractivity contribution in [3.63, 3.8) is 0 Å². The van der Waals surface area contributed by atoms with Crippen molar-refractivity contribution in [1.82, 2.24) is 4.72 Å². The Labute approximate surface area is 171 Å². The Balaban J connectivity index is 2.45. The first-order valence-electron chi connectivity index (χ1n) is 9.66. The number of benzene rings is 1. The first-order valence-corrected chi connectivity index (χ1v) is 11.2. The Bertz CT molecular complexity index is 623. The Hall–Kier alpha value is -0.460. The highest BCUT2D eigenvalue weighted by atomic mass is 35.5. The van der Waals surface area contributed by atoms with Crippen LogP contribution in [0.1, 0.15) is 59.4 Å². The minimum atomic E-state index is -1.20. The van der Waals surface area contributed by atoms with E-state index in [1.165, 1.54) is 5.56 Å². The normalized spacial score (nSPS) is 20.1. The topological polar surface area (TPSA) is 47.6 Å². The van der Waals surface area contributed by atoms with Gasteiger partial charge in [-0.1, -0.05) is 44.0 Å². The summed E-state index contributed by atoms with van der Waals surface area (Å²) in [6.07, 6.45) is 3.10. The van der Waals surface area contributed by atoms with E-state index in [4.69, 9.17) is 21.1 Å². The van der Waals surface area contributed by atoms with Crippen LogP contribution in [-0.2, 0) is 25.9 Å². The van der Waals surface area contributed by atoms with Gasteiger partial charge in [-0.2, -0.15) is 0 Å². The van der Waals surface area contributed by atoms with Crippen molar-refractivity contribution in [3.8, 4) is 0 Å². The molecule has 1 saturated carbocycles. The highest BCUT2D eigenvalue weighted by Gasteiger charge is 2.50. The standard InChI is InChI=1S/C21H34ClNO3S/c1-15(2)18(26-14-25-6)19(23-27(24)20(3,4)5)21(12-7-13-21)16-8-10-17(22)11-9-16/h8-11,15,18-19,23H,7,12-14H2,1-6H3. The molecule has 6 heteroatoms. The van der Waals surface area contributed by atoms with Gasteiger partial charge in [-0.15, -0.1) is 0 Å². The van der Waals surface area contributed by atoms with Gasteiger partial charge in [0.05, 0.1) is 27.9 Å². The smallest absolute Gasteiger partial charge is 0.146 e. The number of nitrogens with one attached hydrogen (secondary N) is 1. The molecule has 154 valence electrons. The maximum absolute atomic E-state index is 13.0. The molecule has 1 N–H and O–H groups in total. The van der Waals surface area contributed by atoms with Crippen molar-refractivity contribution >= 4 is 22.6 Å². The molecule has 2 rings (SSSR count). The lowest BCUT2D eigenvalue weighted by Crippen LogP contribution is -2.61. The van der Waals surface area contributed by atoms with Gasteiger partial charge in [-0.3, -0.25) is 0 Å². The van der Waals surface area contributed by atoms with E-state index in [9.17, 15) is 4.21 Å². The number of ether oxygens (including phenoxy) is 2. The van der Waals surface area contributed by atoms with Gasteiger partial charge in [0.15, 0.2) is 0 Å². The summed E-state index contributed by atoms with van der Waals surface area (Å²) in [7, 11) is 0.431. The van der Waals surface area contributed by atoms with E-state index in [1.54, 1.807) is 7.11 Å². The monoisotopic (exact) mass is 415 g/mol. The second-order valence-corrected chi connectivity index (χ2v) is 11.2. The molecule has 27 heavy (non-hydrogen) atoms. The molecule has 0 heterocycles. The van der Waals surface area contributed by atoms with Crippen molar-refractivity contribution in [2.24, 2.45) is 5.92 Å². The lowest BCUT2D eigenvalue weighted by atomic mass is 9.58. The SMILES string of the molecule is COCOC(C(C)C)C(NS(=O)C(C)(C)C)C1(c2ccc(Cl)cc2)CCC1. The summed E-state index contributed by atoms with van der Waals surface area (Å²) in [4.78, 5) is 0. The van der Waals surface area contributed by atoms with Crippen molar-refractivity contribution < 1.29 is 13.7 Å². The third kappa shape index (κ3) is 5.33. The summed E-state index contributed by atoms with van der Waals surface area (Å²) in [6, 6.07) is 8.00. The minimum absolute atomic E-state index is 0.0809. The van der Waals surface area contributed by atoms with Gasteiger partial charge in [0.25, 0.3) is 0 Å². The highest BCUT2D eigenvalue weighted by Crippen LogP contribution is 2.49. The maximum Gasteiger partial charge on any atom is 0.146 e. The molecule has 1 aromatic carbocycles. The average molecular weight is 416 g/mol. The van der Waals surface area contributed by atoms with Crippen LogP contribution < -0.4 is 4.72 Å². The van der Waals surface area contributed by atoms with E-state index in [0.29, 0.717) is 0 Å². The van der Waals surface area contributed by atoms with Gasteiger partial charge in [0, 0.05) is 17.5 Å². The number of halogens is 1. The summed E-state index contributed by atoms with van der Waals surface area (Å²) >= 11 is 6.12. The Morgan fingerprint density at radius 2 is 1.81 bits per heavy atom. The Kier molecular flexibility index (Phi) is 7.91. The summed E-state index contributed by atoms with van der Waals surface area (Å²) < 4.78 is 27.4. The lowest BCUT2D eigenvalue weighted by molar-refractivity contribution is -0.111. The summed E-state index contributed by atoms with van der Waals surface area (Å²) in [5, 5.41) is 0.729. The molecule has 4 nitrogen and oxygen atoms in total. The molecule has 1 fully saturated rings. The van der Waals surface area contributed by atoms with Gasteiger partial charge in [0.2, 0.25) is 0 Å². The van der Waals surface area contributed by atoms with E-state index in [2.05, 4.69) is 30.7 Å². The molecule has 3 unspecified atom stereocenters. The van der Waals surface area contributed by atoms with Crippen LogP contribution in [0.5, 0.6) is 0 Å². The molecule has 1 aromatic rings. The maximum atomic E-state index is 13.0. The van der Waals surface area contributed by atoms with Gasteiger partial charge in [-0.25, -0.2) is 8.93 Å². The fraction of sp³-hybridized carbons (Fsp3) is 0.714. The second kappa shape index (κ2) is 9.36. The Morgan fingerprint density at radius 3 is 2.22 bits per heavy atom. The highest BCUT2D eigenvalue weighted by molar-refractivity contribution is 7.84. The fourth-order valence-corrected chi connectivity index (χ4v) is 4.80. The molecule has 1 aliphatic carbocycles. The summed E-state index contributed by atoms with van der Waals surface area (Å²) in [5.74, 6) is 0.249. The summed E-state index contributed by atoms with van der Waals surface area (Å²) in [6.45, 7) is 10.5. The van der Waals surface area contributed by atoms with Gasteiger partial charge < -0.3 is 9.47 Å². The molecule has 3 atom stereocenters. The number of hydrogen-bond acceptors (Lipinski definition) is 3. The molecule has 0 aliphatic heterocycles. The Morgan fingerprint density at radius 1 is 1.22 bits per heavy atom. The zero-order valence-corrected chi connectivity index (χ0v) is 19.0. The van der Waals surface area contributed by atoms with Crippen LogP contribution in [0, 0.1) is 5.92 Å². The van der Waals surface area contributed by atoms with Crippen molar-refractivity contribution in [3.05, 3.63) is 34.9 Å². The third-order valence-corrected chi connectivity index (χ3v) is 7.25. The number of rotatable bonds is 9. The zero-order chi connectivity index (χ0) is 20.2. The summed E-state index contributed by atoms with van der Waals surface area (Å²) in [5.41, 5.74) is 1.11. The van der Waals surface area contributed by atoms with Gasteiger partial charge >= 0.3 is 0 Å². The predicted octanol–water partition coefficient (Wildman–Crippen LogP) is 4.83. The fourth-order valence-electron chi connectivity index (χ4n) is 3.73. The van der Waals surface area contributed by atoms with E-state index in [1.807, 2.05) is 32.9 Å². The predicted molar refractivity (Wildman–Crippen MR) is 113 cm³/mol. The molecule has 0 saturated heterocycles. The average Bonchev–Trinajstić information content (AvgIpc) is 2.54. The molecular weight excluding hydrogens is 382 g/mol. The molecule has 0 spiro atoms.